The van der Waals surface area contributed by atoms with E-state index < -0.39 is 41.3 Å². The number of pyridine rings is 1. The van der Waals surface area contributed by atoms with Gasteiger partial charge in [-0.25, -0.2) is 17.2 Å². The van der Waals surface area contributed by atoms with Crippen LogP contribution in [0.5, 0.6) is 0 Å². The van der Waals surface area contributed by atoms with Crippen molar-refractivity contribution in [1.82, 2.24) is 4.98 Å². The summed E-state index contributed by atoms with van der Waals surface area (Å²) in [5.41, 5.74) is -1.04. The van der Waals surface area contributed by atoms with Gasteiger partial charge in [-0.05, 0) is 25.8 Å². The Morgan fingerprint density at radius 2 is 2.06 bits per heavy atom. The zero-order chi connectivity index (χ0) is 13.4. The molecule has 1 aromatic rings. The van der Waals surface area contributed by atoms with Crippen LogP contribution in [0.15, 0.2) is 15.4 Å². The molecule has 0 amide bonds. The third-order valence-corrected chi connectivity index (χ3v) is 3.98. The van der Waals surface area contributed by atoms with Crippen LogP contribution in [0.4, 0.5) is 14.6 Å². The highest BCUT2D eigenvalue weighted by molar-refractivity contribution is 9.10. The molecule has 0 N–H and O–H groups in total. The van der Waals surface area contributed by atoms with E-state index in [2.05, 4.69) is 20.9 Å². The summed E-state index contributed by atoms with van der Waals surface area (Å²) in [4.78, 5) is 11.6. The minimum absolute atomic E-state index is 0.476. The van der Waals surface area contributed by atoms with E-state index in [-0.39, 0.29) is 0 Å². The molecule has 17 heavy (non-hydrogen) atoms. The number of nitrogens with zero attached hydrogens (tertiary/aromatic N) is 2. The third kappa shape index (κ3) is 3.07. The summed E-state index contributed by atoms with van der Waals surface area (Å²) in [6.07, 6.45) is -3.15. The first kappa shape index (κ1) is 14.2. The Balaban J connectivity index is 3.67. The van der Waals surface area contributed by atoms with E-state index in [1.165, 1.54) is 0 Å². The highest BCUT2D eigenvalue weighted by Gasteiger charge is 2.30. The zero-order valence-electron chi connectivity index (χ0n) is 7.60. The Bertz CT molecular complexity index is 580. The van der Waals surface area contributed by atoms with Crippen molar-refractivity contribution in [3.8, 4) is 0 Å². The van der Waals surface area contributed by atoms with Gasteiger partial charge in [0, 0.05) is 16.7 Å². The second kappa shape index (κ2) is 4.78. The summed E-state index contributed by atoms with van der Waals surface area (Å²) < 4.78 is 46.3. The van der Waals surface area contributed by atoms with Crippen molar-refractivity contribution in [2.75, 3.05) is 0 Å². The number of alkyl halides is 2. The first-order valence-corrected chi connectivity index (χ1v) is 6.82. The van der Waals surface area contributed by atoms with Crippen molar-refractivity contribution < 1.29 is 22.1 Å². The number of hydrogen-bond acceptors (Lipinski definition) is 5. The molecule has 1 rings (SSSR count). The summed E-state index contributed by atoms with van der Waals surface area (Å²) in [6, 6.07) is 0.476. The van der Waals surface area contributed by atoms with Crippen LogP contribution in [0, 0.1) is 10.1 Å². The van der Waals surface area contributed by atoms with E-state index in [9.17, 15) is 27.3 Å². The number of rotatable bonds is 3. The predicted molar refractivity (Wildman–Crippen MR) is 56.6 cm³/mol. The van der Waals surface area contributed by atoms with Crippen LogP contribution in [0.2, 0.25) is 0 Å². The molecule has 0 aromatic carbocycles. The minimum atomic E-state index is -4.40. The number of hydrogen-bond donors (Lipinski definition) is 0. The van der Waals surface area contributed by atoms with Gasteiger partial charge in [0.2, 0.25) is 5.69 Å². The monoisotopic (exact) mass is 350 g/mol. The van der Waals surface area contributed by atoms with Gasteiger partial charge in [-0.2, -0.15) is 0 Å². The maximum Gasteiger partial charge on any atom is 0.379 e. The molecule has 0 fully saturated rings. The fourth-order valence-corrected chi connectivity index (χ4v) is 3.12. The molecule has 0 saturated carbocycles. The summed E-state index contributed by atoms with van der Waals surface area (Å²) in [6.45, 7) is 0. The molecule has 0 aliphatic heterocycles. The molecular weight excluding hydrogens is 349 g/mol. The second-order valence-electron chi connectivity index (χ2n) is 2.68. The maximum absolute atomic E-state index is 12.4. The third-order valence-electron chi connectivity index (χ3n) is 1.59. The van der Waals surface area contributed by atoms with Crippen molar-refractivity contribution >= 4 is 41.5 Å². The normalized spacial score (nSPS) is 11.8. The Kier molecular flexibility index (Phi) is 3.99. The van der Waals surface area contributed by atoms with Gasteiger partial charge < -0.3 is 10.1 Å². The molecule has 0 radical (unpaired) electrons. The Morgan fingerprint density at radius 1 is 1.53 bits per heavy atom. The van der Waals surface area contributed by atoms with Crippen molar-refractivity contribution in [3.63, 3.8) is 0 Å². The average molecular weight is 352 g/mol. The lowest BCUT2D eigenvalue weighted by Gasteiger charge is -2.03. The SMILES string of the molecule is O=[N+]([O-])c1nc(C(F)F)cc(S(=O)(=O)Cl)c1Br. The van der Waals surface area contributed by atoms with Gasteiger partial charge >= 0.3 is 12.2 Å². The van der Waals surface area contributed by atoms with Crippen molar-refractivity contribution in [2.24, 2.45) is 0 Å². The van der Waals surface area contributed by atoms with Gasteiger partial charge in [-0.15, -0.1) is 0 Å². The predicted octanol–water partition coefficient (Wildman–Crippen LogP) is 2.62. The van der Waals surface area contributed by atoms with E-state index in [1.807, 2.05) is 0 Å². The van der Waals surface area contributed by atoms with Gasteiger partial charge in [-0.3, -0.25) is 0 Å². The van der Waals surface area contributed by atoms with Crippen LogP contribution in [-0.2, 0) is 9.05 Å². The van der Waals surface area contributed by atoms with Gasteiger partial charge in [0.05, 0.1) is 0 Å². The number of aromatic nitrogens is 1. The number of halogens is 4. The zero-order valence-corrected chi connectivity index (χ0v) is 10.8. The minimum Gasteiger partial charge on any atom is -0.358 e. The summed E-state index contributed by atoms with van der Waals surface area (Å²) in [7, 11) is 0.566. The Labute approximate surface area is 106 Å². The van der Waals surface area contributed by atoms with Crippen molar-refractivity contribution in [2.45, 2.75) is 11.3 Å². The van der Waals surface area contributed by atoms with Crippen LogP contribution in [0.1, 0.15) is 12.1 Å². The molecule has 6 nitrogen and oxygen atoms in total. The molecule has 0 atom stereocenters. The van der Waals surface area contributed by atoms with Crippen molar-refractivity contribution in [3.05, 3.63) is 26.3 Å². The summed E-state index contributed by atoms with van der Waals surface area (Å²) >= 11 is 2.59. The lowest BCUT2D eigenvalue weighted by molar-refractivity contribution is -0.390. The van der Waals surface area contributed by atoms with Gasteiger partial charge in [0.1, 0.15) is 9.37 Å². The van der Waals surface area contributed by atoms with E-state index in [0.717, 1.165) is 0 Å². The Hall–Kier alpha value is -0.870. The average Bonchev–Trinajstić information content (AvgIpc) is 2.15. The molecule has 0 unspecified atom stereocenters. The summed E-state index contributed by atoms with van der Waals surface area (Å²) in [5, 5.41) is 10.5. The molecule has 0 saturated heterocycles. The lowest BCUT2D eigenvalue weighted by atomic mass is 10.3. The van der Waals surface area contributed by atoms with Gasteiger partial charge in [0.25, 0.3) is 9.05 Å². The summed E-state index contributed by atoms with van der Waals surface area (Å²) in [5.74, 6) is -1.04. The van der Waals surface area contributed by atoms with Gasteiger partial charge in [0.15, 0.2) is 0 Å². The lowest BCUT2D eigenvalue weighted by Crippen LogP contribution is -2.03. The molecular formula is C6H2BrClF2N2O4S. The highest BCUT2D eigenvalue weighted by Crippen LogP contribution is 2.34. The van der Waals surface area contributed by atoms with E-state index in [4.69, 9.17) is 10.7 Å². The molecule has 0 aliphatic rings. The van der Waals surface area contributed by atoms with E-state index >= 15 is 0 Å². The molecule has 0 aliphatic carbocycles. The van der Waals surface area contributed by atoms with E-state index in [1.54, 1.807) is 0 Å². The van der Waals surface area contributed by atoms with Crippen LogP contribution in [0.25, 0.3) is 0 Å². The van der Waals surface area contributed by atoms with Crippen LogP contribution in [0.3, 0.4) is 0 Å². The molecule has 1 aromatic heterocycles. The number of nitro groups is 1. The Morgan fingerprint density at radius 3 is 2.41 bits per heavy atom. The van der Waals surface area contributed by atoms with Crippen LogP contribution >= 0.6 is 26.6 Å². The van der Waals surface area contributed by atoms with Gasteiger partial charge in [-0.1, -0.05) is 0 Å². The van der Waals surface area contributed by atoms with Crippen molar-refractivity contribution in [1.29, 1.82) is 0 Å². The largest absolute Gasteiger partial charge is 0.379 e. The highest BCUT2D eigenvalue weighted by atomic mass is 79.9. The first-order valence-electron chi connectivity index (χ1n) is 3.72. The second-order valence-corrected chi connectivity index (χ2v) is 6.01. The standard InChI is InChI=1S/C6H2BrClF2N2O4S/c7-4-3(17(8,15)16)1-2(5(9)10)11-6(4)12(13)14/h1,5H. The molecule has 1 heterocycles. The van der Waals surface area contributed by atoms with Crippen LogP contribution < -0.4 is 0 Å². The fourth-order valence-electron chi connectivity index (χ4n) is 0.922. The maximum atomic E-state index is 12.4. The first-order chi connectivity index (χ1) is 7.64. The quantitative estimate of drug-likeness (QED) is 0.474. The fraction of sp³-hybridized carbons (Fsp3) is 0.167. The topological polar surface area (TPSA) is 90.2 Å². The smallest absolute Gasteiger partial charge is 0.358 e. The van der Waals surface area contributed by atoms with E-state index in [0.29, 0.717) is 6.07 Å². The molecule has 94 valence electrons. The molecule has 0 spiro atoms. The molecule has 11 heteroatoms. The van der Waals surface area contributed by atoms with Crippen LogP contribution in [-0.4, -0.2) is 18.3 Å². The molecule has 0 bridgehead atoms.